The number of anilines is 2. The Labute approximate surface area is 160 Å². The topological polar surface area (TPSA) is 79.7 Å². The summed E-state index contributed by atoms with van der Waals surface area (Å²) in [6.07, 6.45) is 1.58. The van der Waals surface area contributed by atoms with Gasteiger partial charge in [0.2, 0.25) is 5.91 Å². The van der Waals surface area contributed by atoms with Crippen LogP contribution in [0.5, 0.6) is 0 Å². The molecule has 1 unspecified atom stereocenters. The lowest BCUT2D eigenvalue weighted by molar-refractivity contribution is -0.119. The van der Waals surface area contributed by atoms with Crippen LogP contribution in [0.4, 0.5) is 20.6 Å². The number of hydrogen-bond acceptors (Lipinski definition) is 5. The number of carbonyl (C=O) groups excluding carboxylic acids is 2. The number of nitrogens with zero attached hydrogens (tertiary/aromatic N) is 4. The molecule has 4 heterocycles. The van der Waals surface area contributed by atoms with Crippen LogP contribution < -0.4 is 15.1 Å². The van der Waals surface area contributed by atoms with Gasteiger partial charge in [-0.25, -0.2) is 9.18 Å². The number of benzene rings is 1. The lowest BCUT2D eigenvalue weighted by Crippen LogP contribution is -2.40. The molecule has 0 aliphatic carbocycles. The van der Waals surface area contributed by atoms with Crippen molar-refractivity contribution in [2.75, 3.05) is 16.3 Å². The molecule has 0 radical (unpaired) electrons. The highest BCUT2D eigenvalue weighted by Crippen LogP contribution is 2.42. The molecule has 1 saturated heterocycles. The number of rotatable bonds is 3. The summed E-state index contributed by atoms with van der Waals surface area (Å²) in [5.41, 5.74) is 4.05. The standard InChI is InChI=1S/C19H20FN5O3/c1-10(26)21-6-18-17-4-11-3-16(13(20)5-15(11)25(17)19(27)28-18)24-8-12-7-23(2)22-14(12)9-24/h3,5,7,17-18H,4,6,8-9H2,1-2H3,(H,21,26)/t17?,18-/m0/s1. The molecule has 9 heteroatoms. The second-order valence-corrected chi connectivity index (χ2v) is 7.56. The van der Waals surface area contributed by atoms with Gasteiger partial charge in [0.15, 0.2) is 0 Å². The lowest BCUT2D eigenvalue weighted by atomic mass is 10.0. The van der Waals surface area contributed by atoms with Crippen molar-refractivity contribution in [3.05, 3.63) is 41.0 Å². The van der Waals surface area contributed by atoms with Crippen molar-refractivity contribution in [1.82, 2.24) is 15.1 Å². The van der Waals surface area contributed by atoms with Crippen LogP contribution in [-0.4, -0.2) is 40.5 Å². The average molecular weight is 385 g/mol. The molecule has 1 N–H and O–H groups in total. The zero-order valence-electron chi connectivity index (χ0n) is 15.6. The molecular weight excluding hydrogens is 365 g/mol. The molecule has 8 nitrogen and oxygen atoms in total. The number of aryl methyl sites for hydroxylation is 1. The number of carbonyl (C=O) groups is 2. The molecule has 28 heavy (non-hydrogen) atoms. The molecule has 3 aliphatic heterocycles. The molecular formula is C19H20FN5O3. The minimum atomic E-state index is -0.496. The van der Waals surface area contributed by atoms with Crippen molar-refractivity contribution in [2.24, 2.45) is 7.05 Å². The van der Waals surface area contributed by atoms with Crippen LogP contribution in [0.3, 0.4) is 0 Å². The van der Waals surface area contributed by atoms with E-state index < -0.39 is 12.2 Å². The fourth-order valence-corrected chi connectivity index (χ4v) is 4.40. The van der Waals surface area contributed by atoms with Gasteiger partial charge in [-0.15, -0.1) is 0 Å². The predicted octanol–water partition coefficient (Wildman–Crippen LogP) is 1.47. The summed E-state index contributed by atoms with van der Waals surface area (Å²) in [7, 11) is 1.88. The Hall–Kier alpha value is -3.10. The van der Waals surface area contributed by atoms with E-state index in [0.717, 1.165) is 16.8 Å². The zero-order valence-corrected chi connectivity index (χ0v) is 15.6. The van der Waals surface area contributed by atoms with Crippen molar-refractivity contribution < 1.29 is 18.7 Å². The Kier molecular flexibility index (Phi) is 3.62. The number of fused-ring (bicyclic) bond motifs is 4. The SMILES string of the molecule is CC(=O)NC[C@@H]1OC(=O)N2c3cc(F)c(N4Cc5cn(C)nc5C4)cc3CC12. The molecule has 2 amide bonds. The third kappa shape index (κ3) is 2.53. The quantitative estimate of drug-likeness (QED) is 0.866. The second-order valence-electron chi connectivity index (χ2n) is 7.56. The van der Waals surface area contributed by atoms with E-state index in [1.807, 2.05) is 24.2 Å². The maximum absolute atomic E-state index is 14.9. The highest BCUT2D eigenvalue weighted by atomic mass is 19.1. The second kappa shape index (κ2) is 5.95. The largest absolute Gasteiger partial charge is 0.442 e. The van der Waals surface area contributed by atoms with Gasteiger partial charge in [0.1, 0.15) is 11.9 Å². The molecule has 3 aliphatic rings. The van der Waals surface area contributed by atoms with Crippen molar-refractivity contribution in [1.29, 1.82) is 0 Å². The van der Waals surface area contributed by atoms with Crippen LogP contribution >= 0.6 is 0 Å². The minimum absolute atomic E-state index is 0.180. The van der Waals surface area contributed by atoms with Crippen LogP contribution in [0, 0.1) is 5.82 Å². The van der Waals surface area contributed by atoms with Crippen LogP contribution in [0.1, 0.15) is 23.7 Å². The van der Waals surface area contributed by atoms with Gasteiger partial charge in [0, 0.05) is 38.3 Å². The summed E-state index contributed by atoms with van der Waals surface area (Å²) in [4.78, 5) is 27.0. The Morgan fingerprint density at radius 3 is 2.89 bits per heavy atom. The first-order valence-electron chi connectivity index (χ1n) is 9.23. The molecule has 2 aromatic rings. The smallest absolute Gasteiger partial charge is 0.415 e. The van der Waals surface area contributed by atoms with Crippen molar-refractivity contribution in [3.63, 3.8) is 0 Å². The first kappa shape index (κ1) is 17.0. The molecule has 146 valence electrons. The number of nitrogens with one attached hydrogen (secondary N) is 1. The summed E-state index contributed by atoms with van der Waals surface area (Å²) in [6, 6.07) is 3.02. The van der Waals surface area contributed by atoms with E-state index in [1.54, 1.807) is 4.68 Å². The van der Waals surface area contributed by atoms with Crippen LogP contribution in [0.2, 0.25) is 0 Å². The van der Waals surface area contributed by atoms with Gasteiger partial charge in [-0.1, -0.05) is 0 Å². The van der Waals surface area contributed by atoms with Crippen LogP contribution in [0.25, 0.3) is 0 Å². The molecule has 1 aromatic heterocycles. The fourth-order valence-electron chi connectivity index (χ4n) is 4.40. The van der Waals surface area contributed by atoms with Gasteiger partial charge < -0.3 is 15.0 Å². The van der Waals surface area contributed by atoms with Gasteiger partial charge in [-0.05, 0) is 18.1 Å². The van der Waals surface area contributed by atoms with E-state index in [-0.39, 0.29) is 24.3 Å². The number of halogens is 1. The Bertz CT molecular complexity index is 980. The summed E-state index contributed by atoms with van der Waals surface area (Å²) >= 11 is 0. The molecule has 0 saturated carbocycles. The maximum atomic E-state index is 14.9. The van der Waals surface area contributed by atoms with E-state index >= 15 is 0 Å². The summed E-state index contributed by atoms with van der Waals surface area (Å²) in [5.74, 6) is -0.548. The Morgan fingerprint density at radius 1 is 1.32 bits per heavy atom. The van der Waals surface area contributed by atoms with Gasteiger partial charge in [-0.3, -0.25) is 14.4 Å². The van der Waals surface area contributed by atoms with Gasteiger partial charge in [0.25, 0.3) is 0 Å². The monoisotopic (exact) mass is 385 g/mol. The van der Waals surface area contributed by atoms with Crippen molar-refractivity contribution >= 4 is 23.4 Å². The lowest BCUT2D eigenvalue weighted by Gasteiger charge is -2.20. The predicted molar refractivity (Wildman–Crippen MR) is 98.4 cm³/mol. The van der Waals surface area contributed by atoms with Gasteiger partial charge in [0.05, 0.1) is 36.2 Å². The molecule has 1 fully saturated rings. The van der Waals surface area contributed by atoms with Crippen LogP contribution in [0.15, 0.2) is 18.3 Å². The maximum Gasteiger partial charge on any atom is 0.415 e. The van der Waals surface area contributed by atoms with E-state index in [9.17, 15) is 14.0 Å². The zero-order chi connectivity index (χ0) is 19.6. The highest BCUT2D eigenvalue weighted by Gasteiger charge is 2.48. The number of cyclic esters (lactones) is 1. The van der Waals surface area contributed by atoms with Crippen LogP contribution in [-0.2, 0) is 36.1 Å². The molecule has 5 rings (SSSR count). The summed E-state index contributed by atoms with van der Waals surface area (Å²) in [6.45, 7) is 2.84. The number of aromatic nitrogens is 2. The Morgan fingerprint density at radius 2 is 2.14 bits per heavy atom. The van der Waals surface area contributed by atoms with Gasteiger partial charge >= 0.3 is 6.09 Å². The van der Waals surface area contributed by atoms with Crippen molar-refractivity contribution in [3.8, 4) is 0 Å². The third-order valence-electron chi connectivity index (χ3n) is 5.63. The van der Waals surface area contributed by atoms with E-state index in [4.69, 9.17) is 4.74 Å². The normalized spacial score (nSPS) is 22.2. The van der Waals surface area contributed by atoms with E-state index in [1.165, 1.54) is 17.9 Å². The first-order chi connectivity index (χ1) is 13.4. The molecule has 0 bridgehead atoms. The molecule has 1 aromatic carbocycles. The van der Waals surface area contributed by atoms with Gasteiger partial charge in [-0.2, -0.15) is 5.10 Å². The van der Waals surface area contributed by atoms with Crippen molar-refractivity contribution in [2.45, 2.75) is 38.6 Å². The minimum Gasteiger partial charge on any atom is -0.442 e. The molecule has 0 spiro atoms. The third-order valence-corrected chi connectivity index (χ3v) is 5.63. The fraction of sp³-hybridized carbons (Fsp3) is 0.421. The van der Waals surface area contributed by atoms with E-state index in [2.05, 4.69) is 10.4 Å². The summed E-state index contributed by atoms with van der Waals surface area (Å²) in [5, 5.41) is 7.11. The number of hydrogen-bond donors (Lipinski definition) is 1. The average Bonchev–Trinajstić information content (AvgIpc) is 3.33. The van der Waals surface area contributed by atoms with E-state index in [0.29, 0.717) is 30.9 Å². The Balaban J connectivity index is 1.41. The highest BCUT2D eigenvalue weighted by molar-refractivity contribution is 5.94. The molecule has 2 atom stereocenters. The summed E-state index contributed by atoms with van der Waals surface area (Å²) < 4.78 is 22.1. The number of amides is 2. The first-order valence-corrected chi connectivity index (χ1v) is 9.23. The number of ether oxygens (including phenoxy) is 1.